The Labute approximate surface area is 149 Å². The first-order chi connectivity index (χ1) is 12.2. The Balaban J connectivity index is 1.81. The first-order valence-electron chi connectivity index (χ1n) is 8.78. The van der Waals surface area contributed by atoms with Crippen LogP contribution in [0.4, 0.5) is 0 Å². The molecule has 0 radical (unpaired) electrons. The average molecular weight is 327 g/mol. The normalized spacial score (nSPS) is 11.1. The molecule has 0 amide bonds. The van der Waals surface area contributed by atoms with Crippen molar-refractivity contribution in [2.45, 2.75) is 26.9 Å². The molecule has 2 heteroatoms. The fourth-order valence-electron chi connectivity index (χ4n) is 3.35. The number of aryl methyl sites for hydroxylation is 2. The maximum absolute atomic E-state index is 2.36. The highest BCUT2D eigenvalue weighted by atomic mass is 15.1. The summed E-state index contributed by atoms with van der Waals surface area (Å²) in [6.07, 6.45) is 2.25. The third kappa shape index (κ3) is 3.20. The molecule has 0 aliphatic heterocycles. The Morgan fingerprint density at radius 1 is 0.760 bits per heavy atom. The molecule has 4 rings (SSSR count). The van der Waals surface area contributed by atoms with E-state index in [1.54, 1.807) is 0 Å². The van der Waals surface area contributed by atoms with Gasteiger partial charge < -0.3 is 0 Å². The van der Waals surface area contributed by atoms with E-state index in [9.17, 15) is 0 Å². The van der Waals surface area contributed by atoms with Crippen molar-refractivity contribution in [3.05, 3.63) is 101 Å². The third-order valence-electron chi connectivity index (χ3n) is 4.88. The van der Waals surface area contributed by atoms with Crippen molar-refractivity contribution in [1.29, 1.82) is 0 Å². The summed E-state index contributed by atoms with van der Waals surface area (Å²) in [5, 5.41) is 0. The monoisotopic (exact) mass is 327 g/mol. The number of nitrogens with zero attached hydrogens (tertiary/aromatic N) is 2. The Hall–Kier alpha value is -2.87. The van der Waals surface area contributed by atoms with Gasteiger partial charge in [0.25, 0.3) is 0 Å². The van der Waals surface area contributed by atoms with Crippen LogP contribution in [0.2, 0.25) is 0 Å². The van der Waals surface area contributed by atoms with Crippen molar-refractivity contribution in [3.8, 4) is 0 Å². The maximum Gasteiger partial charge on any atom is 0.245 e. The van der Waals surface area contributed by atoms with Crippen LogP contribution in [0, 0.1) is 13.8 Å². The molecule has 0 saturated carbocycles. The first kappa shape index (κ1) is 15.6. The van der Waals surface area contributed by atoms with Gasteiger partial charge in [-0.05, 0) is 48.2 Å². The molecule has 1 heterocycles. The number of hydrogen-bond acceptors (Lipinski definition) is 0. The summed E-state index contributed by atoms with van der Waals surface area (Å²) >= 11 is 0. The van der Waals surface area contributed by atoms with Crippen LogP contribution in [0.3, 0.4) is 0 Å². The fourth-order valence-corrected chi connectivity index (χ4v) is 3.35. The van der Waals surface area contributed by atoms with Crippen LogP contribution in [-0.2, 0) is 13.1 Å². The molecule has 3 aromatic carbocycles. The van der Waals surface area contributed by atoms with Crippen LogP contribution in [0.15, 0.2) is 79.1 Å². The Kier molecular flexibility index (Phi) is 4.10. The van der Waals surface area contributed by atoms with Crippen LogP contribution in [-0.4, -0.2) is 4.57 Å². The molecule has 0 atom stereocenters. The van der Waals surface area contributed by atoms with Gasteiger partial charge in [-0.25, -0.2) is 9.13 Å². The van der Waals surface area contributed by atoms with E-state index >= 15 is 0 Å². The smallest absolute Gasteiger partial charge is 0.226 e. The molecular weight excluding hydrogens is 304 g/mol. The lowest BCUT2D eigenvalue weighted by molar-refractivity contribution is -0.663. The summed E-state index contributed by atoms with van der Waals surface area (Å²) in [6, 6.07) is 25.9. The van der Waals surface area contributed by atoms with E-state index in [0.717, 1.165) is 13.1 Å². The number of hydrogen-bond donors (Lipinski definition) is 0. The summed E-state index contributed by atoms with van der Waals surface area (Å²) in [5.41, 5.74) is 7.92. The summed E-state index contributed by atoms with van der Waals surface area (Å²) in [7, 11) is 0. The number of benzene rings is 3. The molecule has 4 aromatic rings. The Morgan fingerprint density at radius 2 is 1.36 bits per heavy atom. The maximum atomic E-state index is 2.36. The molecule has 0 aliphatic carbocycles. The van der Waals surface area contributed by atoms with E-state index < -0.39 is 0 Å². The van der Waals surface area contributed by atoms with Gasteiger partial charge in [0.2, 0.25) is 6.33 Å². The molecule has 25 heavy (non-hydrogen) atoms. The zero-order chi connectivity index (χ0) is 17.2. The minimum Gasteiger partial charge on any atom is -0.226 e. The lowest BCUT2D eigenvalue weighted by atomic mass is 10.1. The van der Waals surface area contributed by atoms with E-state index in [1.807, 2.05) is 0 Å². The third-order valence-corrected chi connectivity index (χ3v) is 4.88. The Bertz CT molecular complexity index is 917. The second-order valence-electron chi connectivity index (χ2n) is 6.77. The predicted molar refractivity (Wildman–Crippen MR) is 103 cm³/mol. The van der Waals surface area contributed by atoms with Crippen molar-refractivity contribution in [2.24, 2.45) is 0 Å². The molecule has 0 spiro atoms. The highest BCUT2D eigenvalue weighted by molar-refractivity contribution is 5.74. The van der Waals surface area contributed by atoms with Gasteiger partial charge in [0.1, 0.15) is 13.1 Å². The second kappa shape index (κ2) is 6.56. The second-order valence-corrected chi connectivity index (χ2v) is 6.77. The van der Waals surface area contributed by atoms with Crippen LogP contribution in [0.5, 0.6) is 0 Å². The fraction of sp³-hybridized carbons (Fsp3) is 0.174. The summed E-state index contributed by atoms with van der Waals surface area (Å²) in [5.74, 6) is 0. The van der Waals surface area contributed by atoms with Crippen molar-refractivity contribution in [1.82, 2.24) is 4.57 Å². The molecule has 0 N–H and O–H groups in total. The summed E-state index contributed by atoms with van der Waals surface area (Å²) in [6.45, 7) is 6.16. The molecule has 0 fully saturated rings. The van der Waals surface area contributed by atoms with Crippen molar-refractivity contribution < 1.29 is 4.57 Å². The SMILES string of the molecule is Cc1cc2c(cc1C)[n+](Cc1ccccc1)cn2Cc1ccccc1. The summed E-state index contributed by atoms with van der Waals surface area (Å²) < 4.78 is 4.72. The highest BCUT2D eigenvalue weighted by Crippen LogP contribution is 2.19. The lowest BCUT2D eigenvalue weighted by Gasteiger charge is -2.01. The minimum absolute atomic E-state index is 0.891. The molecule has 0 bridgehead atoms. The topological polar surface area (TPSA) is 8.81 Å². The number of imidazole rings is 1. The molecule has 0 aliphatic rings. The van der Waals surface area contributed by atoms with E-state index in [2.05, 4.69) is 102 Å². The average Bonchev–Trinajstić information content (AvgIpc) is 2.94. The van der Waals surface area contributed by atoms with E-state index in [1.165, 1.54) is 33.3 Å². The molecule has 0 unspecified atom stereocenters. The van der Waals surface area contributed by atoms with Crippen molar-refractivity contribution in [3.63, 3.8) is 0 Å². The van der Waals surface area contributed by atoms with Gasteiger partial charge in [-0.1, -0.05) is 60.7 Å². The first-order valence-corrected chi connectivity index (χ1v) is 8.78. The molecule has 0 saturated heterocycles. The zero-order valence-corrected chi connectivity index (χ0v) is 14.8. The van der Waals surface area contributed by atoms with Gasteiger partial charge >= 0.3 is 0 Å². The molecule has 1 aromatic heterocycles. The Morgan fingerprint density at radius 3 is 2.04 bits per heavy atom. The number of fused-ring (bicyclic) bond motifs is 1. The van der Waals surface area contributed by atoms with E-state index in [-0.39, 0.29) is 0 Å². The van der Waals surface area contributed by atoms with Gasteiger partial charge in [0, 0.05) is 0 Å². The van der Waals surface area contributed by atoms with Gasteiger partial charge in [-0.15, -0.1) is 0 Å². The zero-order valence-electron chi connectivity index (χ0n) is 14.8. The van der Waals surface area contributed by atoms with Crippen molar-refractivity contribution >= 4 is 11.0 Å². The van der Waals surface area contributed by atoms with Crippen LogP contribution < -0.4 is 4.57 Å². The molecule has 124 valence electrons. The van der Waals surface area contributed by atoms with Crippen molar-refractivity contribution in [2.75, 3.05) is 0 Å². The van der Waals surface area contributed by atoms with Crippen LogP contribution >= 0.6 is 0 Å². The van der Waals surface area contributed by atoms with Gasteiger partial charge in [0.15, 0.2) is 11.0 Å². The number of aromatic nitrogens is 2. The van der Waals surface area contributed by atoms with Gasteiger partial charge in [-0.2, -0.15) is 0 Å². The van der Waals surface area contributed by atoms with E-state index in [4.69, 9.17) is 0 Å². The number of rotatable bonds is 4. The van der Waals surface area contributed by atoms with Crippen LogP contribution in [0.1, 0.15) is 22.3 Å². The van der Waals surface area contributed by atoms with Gasteiger partial charge in [-0.3, -0.25) is 0 Å². The highest BCUT2D eigenvalue weighted by Gasteiger charge is 2.17. The van der Waals surface area contributed by atoms with Gasteiger partial charge in [0.05, 0.1) is 0 Å². The largest absolute Gasteiger partial charge is 0.245 e. The minimum atomic E-state index is 0.891. The predicted octanol–water partition coefficient (Wildman–Crippen LogP) is 4.64. The van der Waals surface area contributed by atoms with Crippen LogP contribution in [0.25, 0.3) is 11.0 Å². The quantitative estimate of drug-likeness (QED) is 0.483. The van der Waals surface area contributed by atoms with E-state index in [0.29, 0.717) is 0 Å². The molecule has 2 nitrogen and oxygen atoms in total. The standard InChI is InChI=1S/C23H23N2/c1-18-13-22-23(14-19(18)2)25(16-21-11-7-4-8-12-21)17-24(22)15-20-9-5-3-6-10-20/h3-14,17H,15-16H2,1-2H3/q+1. The lowest BCUT2D eigenvalue weighted by Crippen LogP contribution is -2.32. The molecular formula is C23H23N2+. The summed E-state index contributed by atoms with van der Waals surface area (Å²) in [4.78, 5) is 0.